The van der Waals surface area contributed by atoms with Crippen LogP contribution in [0.2, 0.25) is 0 Å². The van der Waals surface area contributed by atoms with E-state index >= 15 is 0 Å². The molecule has 98 valence electrons. The van der Waals surface area contributed by atoms with Crippen LogP contribution in [0, 0.1) is 5.92 Å². The van der Waals surface area contributed by atoms with Gasteiger partial charge < -0.3 is 10.1 Å². The van der Waals surface area contributed by atoms with Crippen LogP contribution in [0.25, 0.3) is 0 Å². The second kappa shape index (κ2) is 4.52. The van der Waals surface area contributed by atoms with E-state index in [0.29, 0.717) is 30.3 Å². The highest BCUT2D eigenvalue weighted by molar-refractivity contribution is 5.00. The number of hydrogen-bond donors (Lipinski definition) is 1. The van der Waals surface area contributed by atoms with Gasteiger partial charge in [0.15, 0.2) is 0 Å². The predicted molar refractivity (Wildman–Crippen MR) is 69.1 cm³/mol. The van der Waals surface area contributed by atoms with Gasteiger partial charge in [-0.1, -0.05) is 13.8 Å². The van der Waals surface area contributed by atoms with E-state index in [0.717, 1.165) is 12.5 Å². The first-order valence-electron chi connectivity index (χ1n) is 7.29. The van der Waals surface area contributed by atoms with Crippen molar-refractivity contribution in [3.63, 3.8) is 0 Å². The largest absolute Gasteiger partial charge is 0.373 e. The number of nitrogens with zero attached hydrogens (tertiary/aromatic N) is 1. The third kappa shape index (κ3) is 2.13. The van der Waals surface area contributed by atoms with Crippen LogP contribution in [0.1, 0.15) is 40.0 Å². The molecule has 3 fully saturated rings. The molecule has 3 heteroatoms. The first-order chi connectivity index (χ1) is 8.15. The summed E-state index contributed by atoms with van der Waals surface area (Å²) >= 11 is 0. The Morgan fingerprint density at radius 3 is 2.71 bits per heavy atom. The molecule has 3 aliphatic heterocycles. The van der Waals surface area contributed by atoms with Crippen LogP contribution in [0.15, 0.2) is 0 Å². The van der Waals surface area contributed by atoms with Gasteiger partial charge in [0, 0.05) is 31.2 Å². The van der Waals surface area contributed by atoms with Gasteiger partial charge in [0.05, 0.1) is 12.2 Å². The number of piperazine rings is 1. The summed E-state index contributed by atoms with van der Waals surface area (Å²) in [7, 11) is 0. The topological polar surface area (TPSA) is 24.5 Å². The minimum Gasteiger partial charge on any atom is -0.373 e. The summed E-state index contributed by atoms with van der Waals surface area (Å²) in [6.45, 7) is 9.34. The monoisotopic (exact) mass is 238 g/mol. The fourth-order valence-electron chi connectivity index (χ4n) is 3.92. The molecule has 0 spiro atoms. The zero-order valence-electron chi connectivity index (χ0n) is 11.4. The van der Waals surface area contributed by atoms with Gasteiger partial charge in [-0.3, -0.25) is 4.90 Å². The van der Waals surface area contributed by atoms with E-state index in [-0.39, 0.29) is 0 Å². The Morgan fingerprint density at radius 1 is 1.29 bits per heavy atom. The summed E-state index contributed by atoms with van der Waals surface area (Å²) in [5.41, 5.74) is 0. The van der Waals surface area contributed by atoms with Crippen molar-refractivity contribution in [2.75, 3.05) is 13.1 Å². The van der Waals surface area contributed by atoms with Crippen LogP contribution in [0.4, 0.5) is 0 Å². The van der Waals surface area contributed by atoms with Crippen molar-refractivity contribution in [2.45, 2.75) is 70.4 Å². The molecule has 17 heavy (non-hydrogen) atoms. The summed E-state index contributed by atoms with van der Waals surface area (Å²) < 4.78 is 6.04. The first kappa shape index (κ1) is 11.9. The Balaban J connectivity index is 1.73. The Bertz CT molecular complexity index is 281. The van der Waals surface area contributed by atoms with Crippen molar-refractivity contribution in [2.24, 2.45) is 5.92 Å². The SMILES string of the molecule is CC1CN(C2CC3CCC2O3)C(C(C)C)CN1. The fourth-order valence-corrected chi connectivity index (χ4v) is 3.92. The van der Waals surface area contributed by atoms with Gasteiger partial charge >= 0.3 is 0 Å². The van der Waals surface area contributed by atoms with Crippen molar-refractivity contribution in [1.82, 2.24) is 10.2 Å². The molecule has 0 amide bonds. The maximum atomic E-state index is 6.04. The average Bonchev–Trinajstić information content (AvgIpc) is 2.90. The Labute approximate surface area is 105 Å². The quantitative estimate of drug-likeness (QED) is 0.791. The van der Waals surface area contributed by atoms with Crippen LogP contribution >= 0.6 is 0 Å². The van der Waals surface area contributed by atoms with Crippen LogP contribution in [-0.2, 0) is 4.74 Å². The summed E-state index contributed by atoms with van der Waals surface area (Å²) in [5.74, 6) is 0.731. The van der Waals surface area contributed by atoms with Crippen molar-refractivity contribution < 1.29 is 4.74 Å². The lowest BCUT2D eigenvalue weighted by molar-refractivity contribution is 0.0183. The Hall–Kier alpha value is -0.120. The van der Waals surface area contributed by atoms with E-state index in [1.165, 1.54) is 25.8 Å². The van der Waals surface area contributed by atoms with Gasteiger partial charge in [-0.2, -0.15) is 0 Å². The summed E-state index contributed by atoms with van der Waals surface area (Å²) in [4.78, 5) is 2.76. The van der Waals surface area contributed by atoms with Crippen molar-refractivity contribution in [1.29, 1.82) is 0 Å². The minimum atomic E-state index is 0.534. The molecule has 5 atom stereocenters. The van der Waals surface area contributed by atoms with E-state index in [9.17, 15) is 0 Å². The number of hydrogen-bond acceptors (Lipinski definition) is 3. The molecule has 0 radical (unpaired) electrons. The van der Waals surface area contributed by atoms with E-state index in [2.05, 4.69) is 31.0 Å². The molecule has 0 aromatic carbocycles. The Morgan fingerprint density at radius 2 is 2.12 bits per heavy atom. The number of rotatable bonds is 2. The lowest BCUT2D eigenvalue weighted by atomic mass is 9.89. The molecule has 0 aromatic rings. The van der Waals surface area contributed by atoms with Crippen molar-refractivity contribution >= 4 is 0 Å². The third-order valence-electron chi connectivity index (χ3n) is 4.86. The predicted octanol–water partition coefficient (Wildman–Crippen LogP) is 1.62. The van der Waals surface area contributed by atoms with Crippen LogP contribution in [0.5, 0.6) is 0 Å². The molecular formula is C14H26N2O. The van der Waals surface area contributed by atoms with Crippen LogP contribution < -0.4 is 5.32 Å². The van der Waals surface area contributed by atoms with Crippen LogP contribution in [0.3, 0.4) is 0 Å². The summed E-state index contributed by atoms with van der Waals surface area (Å²) in [5, 5.41) is 3.63. The van der Waals surface area contributed by atoms with Crippen molar-refractivity contribution in [3.8, 4) is 0 Å². The van der Waals surface area contributed by atoms with Gasteiger partial charge in [-0.15, -0.1) is 0 Å². The number of nitrogens with one attached hydrogen (secondary N) is 1. The lowest BCUT2D eigenvalue weighted by Crippen LogP contribution is -2.61. The molecule has 3 saturated heterocycles. The van der Waals surface area contributed by atoms with E-state index < -0.39 is 0 Å². The van der Waals surface area contributed by atoms with Crippen LogP contribution in [-0.4, -0.2) is 48.3 Å². The molecule has 5 unspecified atom stereocenters. The molecule has 2 bridgehead atoms. The molecule has 0 saturated carbocycles. The molecule has 1 N–H and O–H groups in total. The van der Waals surface area contributed by atoms with E-state index in [1.807, 2.05) is 0 Å². The zero-order chi connectivity index (χ0) is 12.0. The zero-order valence-corrected chi connectivity index (χ0v) is 11.4. The number of fused-ring (bicyclic) bond motifs is 2. The Kier molecular flexibility index (Phi) is 3.18. The maximum absolute atomic E-state index is 6.04. The van der Waals surface area contributed by atoms with E-state index in [4.69, 9.17) is 4.74 Å². The van der Waals surface area contributed by atoms with Gasteiger partial charge in [-0.05, 0) is 32.1 Å². The summed E-state index contributed by atoms with van der Waals surface area (Å²) in [6, 6.07) is 2.02. The molecule has 3 heterocycles. The highest BCUT2D eigenvalue weighted by atomic mass is 16.5. The van der Waals surface area contributed by atoms with Gasteiger partial charge in [-0.25, -0.2) is 0 Å². The summed E-state index contributed by atoms with van der Waals surface area (Å²) in [6.07, 6.45) is 4.98. The third-order valence-corrected chi connectivity index (χ3v) is 4.86. The second-order valence-corrected chi connectivity index (χ2v) is 6.49. The number of ether oxygens (including phenoxy) is 1. The fraction of sp³-hybridized carbons (Fsp3) is 1.00. The normalized spacial score (nSPS) is 46.9. The highest BCUT2D eigenvalue weighted by Crippen LogP contribution is 2.39. The molecule has 3 rings (SSSR count). The minimum absolute atomic E-state index is 0.534. The average molecular weight is 238 g/mol. The van der Waals surface area contributed by atoms with Gasteiger partial charge in [0.25, 0.3) is 0 Å². The standard InChI is InChI=1S/C14H26N2O/c1-9(2)13-7-15-10(3)8-16(13)12-6-11-4-5-14(12)17-11/h9-15H,4-8H2,1-3H3. The van der Waals surface area contributed by atoms with Gasteiger partial charge in [0.1, 0.15) is 0 Å². The maximum Gasteiger partial charge on any atom is 0.0736 e. The molecule has 3 nitrogen and oxygen atoms in total. The molecule has 3 aliphatic rings. The molecular weight excluding hydrogens is 212 g/mol. The molecule has 0 aromatic heterocycles. The van der Waals surface area contributed by atoms with E-state index in [1.54, 1.807) is 0 Å². The van der Waals surface area contributed by atoms with Gasteiger partial charge in [0.2, 0.25) is 0 Å². The smallest absolute Gasteiger partial charge is 0.0736 e. The molecule has 0 aliphatic carbocycles. The first-order valence-corrected chi connectivity index (χ1v) is 7.29. The van der Waals surface area contributed by atoms with Crippen molar-refractivity contribution in [3.05, 3.63) is 0 Å². The lowest BCUT2D eigenvalue weighted by Gasteiger charge is -2.46. The second-order valence-electron chi connectivity index (χ2n) is 6.49. The highest BCUT2D eigenvalue weighted by Gasteiger charge is 2.46.